The van der Waals surface area contributed by atoms with Crippen molar-refractivity contribution in [3.8, 4) is 0 Å². The van der Waals surface area contributed by atoms with E-state index in [1.54, 1.807) is 11.3 Å². The van der Waals surface area contributed by atoms with Gasteiger partial charge in [-0.05, 0) is 44.5 Å². The van der Waals surface area contributed by atoms with E-state index in [4.69, 9.17) is 0 Å². The Bertz CT molecular complexity index is 1290. The molecule has 1 aromatic heterocycles. The maximum atomic E-state index is 3.86. The highest BCUT2D eigenvalue weighted by molar-refractivity contribution is 7.19. The maximum Gasteiger partial charge on any atom is 0.179 e. The molecule has 0 fully saturated rings. The summed E-state index contributed by atoms with van der Waals surface area (Å²) in [6.07, 6.45) is 6.28. The van der Waals surface area contributed by atoms with E-state index in [9.17, 15) is 0 Å². The SMILES string of the molecule is C=Cc1ccc(/C=C/c2ccc([Si](c3ccccc3)(c3ccccc3)c3ccccc3)cc2)s1. The van der Waals surface area contributed by atoms with Crippen molar-refractivity contribution in [3.05, 3.63) is 149 Å². The van der Waals surface area contributed by atoms with E-state index >= 15 is 0 Å². The number of thiophene rings is 1. The van der Waals surface area contributed by atoms with Crippen LogP contribution in [0, 0.1) is 0 Å². The Hall–Kier alpha value is -3.72. The molecule has 0 nitrogen and oxygen atoms in total. The molecule has 1 heterocycles. The lowest BCUT2D eigenvalue weighted by Gasteiger charge is -2.34. The van der Waals surface area contributed by atoms with Gasteiger partial charge >= 0.3 is 0 Å². The lowest BCUT2D eigenvalue weighted by atomic mass is 10.2. The molecule has 164 valence electrons. The Morgan fingerprint density at radius 3 is 1.35 bits per heavy atom. The van der Waals surface area contributed by atoms with Gasteiger partial charge in [-0.1, -0.05) is 134 Å². The van der Waals surface area contributed by atoms with E-state index in [0.29, 0.717) is 0 Å². The lowest BCUT2D eigenvalue weighted by molar-refractivity contribution is 1.65. The minimum atomic E-state index is -2.44. The molecule has 34 heavy (non-hydrogen) atoms. The van der Waals surface area contributed by atoms with Crippen molar-refractivity contribution in [2.24, 2.45) is 0 Å². The molecule has 5 aromatic rings. The van der Waals surface area contributed by atoms with Gasteiger partial charge in [0.05, 0.1) is 0 Å². The van der Waals surface area contributed by atoms with Gasteiger partial charge in [0.15, 0.2) is 8.07 Å². The molecule has 0 saturated heterocycles. The monoisotopic (exact) mass is 470 g/mol. The van der Waals surface area contributed by atoms with Crippen LogP contribution in [0.15, 0.2) is 134 Å². The second kappa shape index (κ2) is 10.0. The summed E-state index contributed by atoms with van der Waals surface area (Å²) in [5, 5.41) is 5.57. The molecule has 0 amide bonds. The third kappa shape index (κ3) is 4.26. The van der Waals surface area contributed by atoms with Crippen LogP contribution in [0.4, 0.5) is 0 Å². The van der Waals surface area contributed by atoms with Crippen LogP contribution in [-0.2, 0) is 0 Å². The predicted octanol–water partition coefficient (Wildman–Crippen LogP) is 5.94. The molecule has 5 rings (SSSR count). The molecule has 0 atom stereocenters. The average molecular weight is 471 g/mol. The molecule has 0 N–H and O–H groups in total. The zero-order valence-electron chi connectivity index (χ0n) is 19.0. The summed E-state index contributed by atoms with van der Waals surface area (Å²) in [6, 6.07) is 46.5. The molecule has 0 bridgehead atoms. The summed E-state index contributed by atoms with van der Waals surface area (Å²) < 4.78 is 0. The van der Waals surface area contributed by atoms with E-state index in [2.05, 4.69) is 146 Å². The largest absolute Gasteiger partial charge is 0.179 e. The van der Waals surface area contributed by atoms with Crippen molar-refractivity contribution >= 4 is 58.4 Å². The number of hydrogen-bond donors (Lipinski definition) is 0. The van der Waals surface area contributed by atoms with Crippen molar-refractivity contribution in [3.63, 3.8) is 0 Å². The van der Waals surface area contributed by atoms with Gasteiger partial charge in [0.25, 0.3) is 0 Å². The molecular formula is C32H26SSi. The second-order valence-electron chi connectivity index (χ2n) is 8.25. The first-order valence-electron chi connectivity index (χ1n) is 11.5. The molecule has 0 radical (unpaired) electrons. The zero-order chi connectivity index (χ0) is 23.2. The van der Waals surface area contributed by atoms with E-state index < -0.39 is 8.07 Å². The van der Waals surface area contributed by atoms with Gasteiger partial charge in [0, 0.05) is 9.75 Å². The van der Waals surface area contributed by atoms with Crippen molar-refractivity contribution in [1.82, 2.24) is 0 Å². The van der Waals surface area contributed by atoms with Gasteiger partial charge in [0.2, 0.25) is 0 Å². The standard InChI is InChI=1S/C32H26SSi/c1-2-27-22-23-28(33-27)21-18-26-19-24-32(25-20-26)34(29-12-6-3-7-13-29,30-14-8-4-9-15-30)31-16-10-5-11-17-31/h2-25H,1H2/b21-18+. The Balaban J connectivity index is 1.64. The number of rotatable bonds is 7. The highest BCUT2D eigenvalue weighted by atomic mass is 32.1. The minimum absolute atomic E-state index is 1.19. The molecule has 0 aliphatic carbocycles. The first-order valence-corrected chi connectivity index (χ1v) is 14.3. The topological polar surface area (TPSA) is 0 Å². The fourth-order valence-electron chi connectivity index (χ4n) is 4.65. The van der Waals surface area contributed by atoms with E-state index in [1.807, 2.05) is 6.08 Å². The van der Waals surface area contributed by atoms with Gasteiger partial charge in [-0.2, -0.15) is 0 Å². The molecule has 0 spiro atoms. The molecule has 0 aliphatic rings. The third-order valence-electron chi connectivity index (χ3n) is 6.25. The van der Waals surface area contributed by atoms with E-state index in [0.717, 1.165) is 0 Å². The van der Waals surface area contributed by atoms with Crippen molar-refractivity contribution in [2.45, 2.75) is 0 Å². The van der Waals surface area contributed by atoms with Crippen molar-refractivity contribution in [1.29, 1.82) is 0 Å². The minimum Gasteiger partial charge on any atom is -0.137 e. The normalized spacial score (nSPS) is 11.5. The third-order valence-corrected chi connectivity index (χ3v) is 12.1. The molecule has 0 unspecified atom stereocenters. The van der Waals surface area contributed by atoms with Crippen LogP contribution in [0.1, 0.15) is 15.3 Å². The Kier molecular flexibility index (Phi) is 6.53. The van der Waals surface area contributed by atoms with Crippen molar-refractivity contribution < 1.29 is 0 Å². The second-order valence-corrected chi connectivity index (χ2v) is 13.2. The highest BCUT2D eigenvalue weighted by Gasteiger charge is 2.41. The predicted molar refractivity (Wildman–Crippen MR) is 153 cm³/mol. The van der Waals surface area contributed by atoms with Crippen LogP contribution in [-0.4, -0.2) is 8.07 Å². The molecule has 0 aliphatic heterocycles. The van der Waals surface area contributed by atoms with Crippen LogP contribution in [0.2, 0.25) is 0 Å². The van der Waals surface area contributed by atoms with Crippen LogP contribution in [0.3, 0.4) is 0 Å². The first kappa shape index (κ1) is 22.1. The maximum absolute atomic E-state index is 3.86. The Labute approximate surface area is 207 Å². The van der Waals surface area contributed by atoms with E-state index in [1.165, 1.54) is 36.1 Å². The molecular weight excluding hydrogens is 445 g/mol. The number of hydrogen-bond acceptors (Lipinski definition) is 1. The molecule has 2 heteroatoms. The summed E-state index contributed by atoms with van der Waals surface area (Å²) in [5.74, 6) is 0. The van der Waals surface area contributed by atoms with Crippen molar-refractivity contribution in [2.75, 3.05) is 0 Å². The van der Waals surface area contributed by atoms with Gasteiger partial charge in [-0.3, -0.25) is 0 Å². The fourth-order valence-corrected chi connectivity index (χ4v) is 10.2. The summed E-state index contributed by atoms with van der Waals surface area (Å²) in [6.45, 7) is 3.86. The summed E-state index contributed by atoms with van der Waals surface area (Å²) in [5.41, 5.74) is 1.20. The van der Waals surface area contributed by atoms with Gasteiger partial charge < -0.3 is 0 Å². The smallest absolute Gasteiger partial charge is 0.137 e. The van der Waals surface area contributed by atoms with Crippen LogP contribution < -0.4 is 20.7 Å². The van der Waals surface area contributed by atoms with Gasteiger partial charge in [0.1, 0.15) is 0 Å². The van der Waals surface area contributed by atoms with Gasteiger partial charge in [-0.15, -0.1) is 11.3 Å². The summed E-state index contributed by atoms with van der Waals surface area (Å²) >= 11 is 1.75. The molecule has 4 aromatic carbocycles. The van der Waals surface area contributed by atoms with E-state index in [-0.39, 0.29) is 0 Å². The van der Waals surface area contributed by atoms with Gasteiger partial charge in [-0.25, -0.2) is 0 Å². The van der Waals surface area contributed by atoms with Crippen LogP contribution in [0.5, 0.6) is 0 Å². The lowest BCUT2D eigenvalue weighted by Crippen LogP contribution is -2.74. The Morgan fingerprint density at radius 2 is 0.912 bits per heavy atom. The van der Waals surface area contributed by atoms with Crippen LogP contribution in [0.25, 0.3) is 18.2 Å². The summed E-state index contributed by atoms with van der Waals surface area (Å²) in [4.78, 5) is 2.43. The molecule has 0 saturated carbocycles. The Morgan fingerprint density at radius 1 is 0.471 bits per heavy atom. The highest BCUT2D eigenvalue weighted by Crippen LogP contribution is 2.20. The summed E-state index contributed by atoms with van der Waals surface area (Å²) in [7, 11) is -2.44. The average Bonchev–Trinajstić information content (AvgIpc) is 3.39. The first-order chi connectivity index (χ1) is 16.8. The van der Waals surface area contributed by atoms with Crippen LogP contribution >= 0.6 is 11.3 Å². The zero-order valence-corrected chi connectivity index (χ0v) is 20.8. The fraction of sp³-hybridized carbons (Fsp3) is 0. The number of benzene rings is 4. The quantitative estimate of drug-likeness (QED) is 0.204.